The molecule has 0 saturated heterocycles. The maximum Gasteiger partial charge on any atom is 0.162 e. The normalized spacial score (nSPS) is 14.0. The zero-order chi connectivity index (χ0) is 12.1. The van der Waals surface area contributed by atoms with E-state index in [9.17, 15) is 9.90 Å². The number of benzene rings is 1. The third-order valence-corrected chi connectivity index (χ3v) is 2.32. The molecule has 0 aromatic heterocycles. The lowest BCUT2D eigenvalue weighted by molar-refractivity contribution is 0.0586. The minimum Gasteiger partial charge on any atom is -0.493 e. The predicted octanol–water partition coefficient (Wildman–Crippen LogP) is 1.66. The molecule has 0 radical (unpaired) electrons. The highest BCUT2D eigenvalue weighted by Crippen LogP contribution is 2.28. The van der Waals surface area contributed by atoms with Crippen LogP contribution in [0.15, 0.2) is 18.2 Å². The van der Waals surface area contributed by atoms with Crippen molar-refractivity contribution in [2.75, 3.05) is 7.11 Å². The Balaban J connectivity index is 2.95. The molecule has 4 heteroatoms. The SMILES string of the molecule is COc1ccc(C=O)cc1OC(C)C(C)O. The number of hydrogen-bond acceptors (Lipinski definition) is 4. The van der Waals surface area contributed by atoms with E-state index < -0.39 is 6.10 Å². The molecule has 1 rings (SSSR count). The number of hydrogen-bond donors (Lipinski definition) is 1. The molecule has 0 aliphatic carbocycles. The van der Waals surface area contributed by atoms with E-state index in [1.807, 2.05) is 0 Å². The minimum absolute atomic E-state index is 0.365. The minimum atomic E-state index is -0.593. The third kappa shape index (κ3) is 2.97. The predicted molar refractivity (Wildman–Crippen MR) is 60.2 cm³/mol. The van der Waals surface area contributed by atoms with Gasteiger partial charge in [0.15, 0.2) is 11.5 Å². The van der Waals surface area contributed by atoms with E-state index in [4.69, 9.17) is 9.47 Å². The highest BCUT2D eigenvalue weighted by Gasteiger charge is 2.13. The number of rotatable bonds is 5. The van der Waals surface area contributed by atoms with Crippen molar-refractivity contribution in [3.63, 3.8) is 0 Å². The highest BCUT2D eigenvalue weighted by atomic mass is 16.5. The van der Waals surface area contributed by atoms with Crippen LogP contribution < -0.4 is 9.47 Å². The quantitative estimate of drug-likeness (QED) is 0.773. The van der Waals surface area contributed by atoms with Crippen molar-refractivity contribution < 1.29 is 19.4 Å². The van der Waals surface area contributed by atoms with Gasteiger partial charge in [-0.3, -0.25) is 4.79 Å². The van der Waals surface area contributed by atoms with E-state index in [1.54, 1.807) is 32.0 Å². The van der Waals surface area contributed by atoms with Crippen LogP contribution in [0.2, 0.25) is 0 Å². The van der Waals surface area contributed by atoms with Crippen molar-refractivity contribution >= 4 is 6.29 Å². The molecular formula is C12H16O4. The van der Waals surface area contributed by atoms with Gasteiger partial charge in [0.05, 0.1) is 13.2 Å². The van der Waals surface area contributed by atoms with Gasteiger partial charge in [0.25, 0.3) is 0 Å². The zero-order valence-corrected chi connectivity index (χ0v) is 9.64. The van der Waals surface area contributed by atoms with E-state index >= 15 is 0 Å². The topological polar surface area (TPSA) is 55.8 Å². The molecule has 0 amide bonds. The molecule has 0 bridgehead atoms. The molecule has 88 valence electrons. The molecule has 2 atom stereocenters. The zero-order valence-electron chi connectivity index (χ0n) is 9.64. The van der Waals surface area contributed by atoms with Crippen molar-refractivity contribution in [1.82, 2.24) is 0 Å². The standard InChI is InChI=1S/C12H16O4/c1-8(14)9(2)16-12-6-10(7-13)4-5-11(12)15-3/h4-9,14H,1-3H3. The first kappa shape index (κ1) is 12.5. The number of carbonyl (C=O) groups excluding carboxylic acids is 1. The largest absolute Gasteiger partial charge is 0.493 e. The van der Waals surface area contributed by atoms with Crippen LogP contribution >= 0.6 is 0 Å². The summed E-state index contributed by atoms with van der Waals surface area (Å²) in [5.74, 6) is 0.999. The third-order valence-electron chi connectivity index (χ3n) is 2.32. The van der Waals surface area contributed by atoms with E-state index in [2.05, 4.69) is 0 Å². The lowest BCUT2D eigenvalue weighted by atomic mass is 10.2. The molecule has 0 saturated carbocycles. The van der Waals surface area contributed by atoms with Crippen LogP contribution in [0.25, 0.3) is 0 Å². The molecule has 1 N–H and O–H groups in total. The van der Waals surface area contributed by atoms with E-state index in [1.165, 1.54) is 7.11 Å². The molecule has 1 aromatic carbocycles. The molecule has 0 spiro atoms. The van der Waals surface area contributed by atoms with Crippen LogP contribution in [0.4, 0.5) is 0 Å². The first-order chi connectivity index (χ1) is 7.58. The first-order valence-electron chi connectivity index (χ1n) is 5.06. The summed E-state index contributed by atoms with van der Waals surface area (Å²) in [6.07, 6.45) is -0.223. The number of aliphatic hydroxyl groups is 1. The molecule has 0 aliphatic rings. The van der Waals surface area contributed by atoms with Crippen LogP contribution in [-0.4, -0.2) is 30.7 Å². The molecule has 4 nitrogen and oxygen atoms in total. The van der Waals surface area contributed by atoms with Crippen molar-refractivity contribution in [2.45, 2.75) is 26.1 Å². The van der Waals surface area contributed by atoms with Crippen molar-refractivity contribution in [2.24, 2.45) is 0 Å². The lowest BCUT2D eigenvalue weighted by Crippen LogP contribution is -2.25. The Labute approximate surface area is 94.8 Å². The van der Waals surface area contributed by atoms with Crippen LogP contribution in [-0.2, 0) is 0 Å². The Morgan fingerprint density at radius 3 is 2.50 bits per heavy atom. The van der Waals surface area contributed by atoms with Gasteiger partial charge in [-0.05, 0) is 32.0 Å². The summed E-state index contributed by atoms with van der Waals surface area (Å²) in [5.41, 5.74) is 0.508. The summed E-state index contributed by atoms with van der Waals surface area (Å²) in [6.45, 7) is 3.39. The Hall–Kier alpha value is -1.55. The van der Waals surface area contributed by atoms with Gasteiger partial charge in [0, 0.05) is 5.56 Å². The van der Waals surface area contributed by atoms with Crippen LogP contribution in [0.5, 0.6) is 11.5 Å². The van der Waals surface area contributed by atoms with Crippen LogP contribution in [0.1, 0.15) is 24.2 Å². The Morgan fingerprint density at radius 2 is 2.00 bits per heavy atom. The van der Waals surface area contributed by atoms with E-state index in [-0.39, 0.29) is 6.10 Å². The summed E-state index contributed by atoms with van der Waals surface area (Å²) in [4.78, 5) is 10.6. The second-order valence-electron chi connectivity index (χ2n) is 3.59. The maximum atomic E-state index is 10.6. The van der Waals surface area contributed by atoms with Gasteiger partial charge in [-0.1, -0.05) is 0 Å². The summed E-state index contributed by atoms with van der Waals surface area (Å²) in [7, 11) is 1.52. The highest BCUT2D eigenvalue weighted by molar-refractivity contribution is 5.76. The van der Waals surface area contributed by atoms with Crippen molar-refractivity contribution in [1.29, 1.82) is 0 Å². The summed E-state index contributed by atoms with van der Waals surface area (Å²) < 4.78 is 10.6. The molecule has 16 heavy (non-hydrogen) atoms. The molecule has 0 heterocycles. The van der Waals surface area contributed by atoms with Crippen molar-refractivity contribution in [3.05, 3.63) is 23.8 Å². The lowest BCUT2D eigenvalue weighted by Gasteiger charge is -2.19. The van der Waals surface area contributed by atoms with Gasteiger partial charge in [-0.2, -0.15) is 0 Å². The van der Waals surface area contributed by atoms with Gasteiger partial charge < -0.3 is 14.6 Å². The fraction of sp³-hybridized carbons (Fsp3) is 0.417. The average Bonchev–Trinajstić information content (AvgIpc) is 2.28. The fourth-order valence-corrected chi connectivity index (χ4v) is 1.16. The molecular weight excluding hydrogens is 208 g/mol. The van der Waals surface area contributed by atoms with Crippen LogP contribution in [0.3, 0.4) is 0 Å². The van der Waals surface area contributed by atoms with E-state index in [0.29, 0.717) is 17.1 Å². The smallest absolute Gasteiger partial charge is 0.162 e. The van der Waals surface area contributed by atoms with Gasteiger partial charge in [-0.15, -0.1) is 0 Å². The Kier molecular flexibility index (Phi) is 4.31. The average molecular weight is 224 g/mol. The molecule has 0 aliphatic heterocycles. The van der Waals surface area contributed by atoms with Gasteiger partial charge in [-0.25, -0.2) is 0 Å². The van der Waals surface area contributed by atoms with E-state index in [0.717, 1.165) is 6.29 Å². The number of aliphatic hydroxyl groups excluding tert-OH is 1. The number of carbonyl (C=O) groups is 1. The summed E-state index contributed by atoms with van der Waals surface area (Å²) >= 11 is 0. The Bertz CT molecular complexity index is 360. The number of ether oxygens (including phenoxy) is 2. The number of aldehydes is 1. The summed E-state index contributed by atoms with van der Waals surface area (Å²) in [6, 6.07) is 4.89. The number of methoxy groups -OCH3 is 1. The second kappa shape index (κ2) is 5.51. The fourth-order valence-electron chi connectivity index (χ4n) is 1.16. The van der Waals surface area contributed by atoms with Gasteiger partial charge >= 0.3 is 0 Å². The van der Waals surface area contributed by atoms with Gasteiger partial charge in [0.2, 0.25) is 0 Å². The second-order valence-corrected chi connectivity index (χ2v) is 3.59. The van der Waals surface area contributed by atoms with Crippen LogP contribution in [0, 0.1) is 0 Å². The van der Waals surface area contributed by atoms with Crippen molar-refractivity contribution in [3.8, 4) is 11.5 Å². The first-order valence-corrected chi connectivity index (χ1v) is 5.06. The Morgan fingerprint density at radius 1 is 1.31 bits per heavy atom. The molecule has 1 aromatic rings. The molecule has 0 fully saturated rings. The molecule has 2 unspecified atom stereocenters. The van der Waals surface area contributed by atoms with Gasteiger partial charge in [0.1, 0.15) is 12.4 Å². The monoisotopic (exact) mass is 224 g/mol. The maximum absolute atomic E-state index is 10.6. The summed E-state index contributed by atoms with van der Waals surface area (Å²) in [5, 5.41) is 9.34.